The molecule has 23 heavy (non-hydrogen) atoms. The molecule has 1 aliphatic rings. The molecule has 1 aromatic heterocycles. The Morgan fingerprint density at radius 2 is 1.96 bits per heavy atom. The minimum atomic E-state index is -0.277. The van der Waals surface area contributed by atoms with Crippen molar-refractivity contribution in [1.29, 1.82) is 0 Å². The zero-order valence-electron chi connectivity index (χ0n) is 13.2. The van der Waals surface area contributed by atoms with Crippen molar-refractivity contribution in [3.8, 4) is 0 Å². The predicted octanol–water partition coefficient (Wildman–Crippen LogP) is 5.42. The van der Waals surface area contributed by atoms with Gasteiger partial charge in [-0.3, -0.25) is 4.39 Å². The highest BCUT2D eigenvalue weighted by molar-refractivity contribution is 6.11. The fourth-order valence-corrected chi connectivity index (χ4v) is 3.78. The Morgan fingerprint density at radius 1 is 1.09 bits per heavy atom. The molecule has 2 heterocycles. The molecule has 118 valence electrons. The number of hydrogen-bond donors (Lipinski definition) is 1. The van der Waals surface area contributed by atoms with Crippen molar-refractivity contribution >= 4 is 27.5 Å². The van der Waals surface area contributed by atoms with Gasteiger partial charge in [-0.15, -0.1) is 0 Å². The van der Waals surface area contributed by atoms with Gasteiger partial charge in [0.2, 0.25) is 0 Å². The van der Waals surface area contributed by atoms with Crippen LogP contribution < -0.4 is 5.32 Å². The lowest BCUT2D eigenvalue weighted by Gasteiger charge is -2.11. The number of aromatic nitrogens is 1. The average molecular weight is 308 g/mol. The molecule has 1 N–H and O–H groups in total. The third kappa shape index (κ3) is 2.31. The van der Waals surface area contributed by atoms with Crippen LogP contribution >= 0.6 is 0 Å². The first kappa shape index (κ1) is 14.3. The molecule has 0 fully saturated rings. The summed E-state index contributed by atoms with van der Waals surface area (Å²) >= 11 is 0. The number of nitrogens with zero attached hydrogens (tertiary/aromatic N) is 1. The molecule has 3 aromatic rings. The van der Waals surface area contributed by atoms with E-state index in [0.29, 0.717) is 6.42 Å². The lowest BCUT2D eigenvalue weighted by Crippen LogP contribution is -2.00. The van der Waals surface area contributed by atoms with E-state index in [1.807, 2.05) is 0 Å². The molecular formula is C20H21FN2. The summed E-state index contributed by atoms with van der Waals surface area (Å²) in [6.07, 6.45) is 3.73. The van der Waals surface area contributed by atoms with Crippen molar-refractivity contribution < 1.29 is 4.39 Å². The van der Waals surface area contributed by atoms with Crippen LogP contribution in [0.1, 0.15) is 24.8 Å². The fraction of sp³-hybridized carbons (Fsp3) is 0.300. The molecule has 1 aliphatic heterocycles. The van der Waals surface area contributed by atoms with Crippen molar-refractivity contribution in [2.75, 3.05) is 12.0 Å². The van der Waals surface area contributed by atoms with Crippen LogP contribution in [0.5, 0.6) is 0 Å². The zero-order valence-corrected chi connectivity index (χ0v) is 13.2. The number of anilines is 1. The summed E-state index contributed by atoms with van der Waals surface area (Å²) in [7, 11) is 0. The quantitative estimate of drug-likeness (QED) is 0.684. The number of aryl methyl sites for hydroxylation is 2. The second kappa shape index (κ2) is 5.73. The number of alkyl halides is 1. The number of allylic oxidation sites excluding steroid dienone is 1. The molecule has 0 radical (unpaired) electrons. The van der Waals surface area contributed by atoms with Gasteiger partial charge in [-0.1, -0.05) is 24.8 Å². The highest BCUT2D eigenvalue weighted by Crippen LogP contribution is 2.38. The smallest absolute Gasteiger partial charge is 0.0911 e. The van der Waals surface area contributed by atoms with Crippen molar-refractivity contribution in [2.24, 2.45) is 0 Å². The Kier molecular flexibility index (Phi) is 3.56. The SMILES string of the molecule is C=C1CCCc2c(ccc3c2c2ccccc2n3CCCF)N1. The Labute approximate surface area is 135 Å². The fourth-order valence-electron chi connectivity index (χ4n) is 3.78. The first-order valence-corrected chi connectivity index (χ1v) is 8.33. The van der Waals surface area contributed by atoms with E-state index >= 15 is 0 Å². The Hall–Kier alpha value is -2.29. The van der Waals surface area contributed by atoms with E-state index in [4.69, 9.17) is 0 Å². The number of para-hydroxylation sites is 1. The molecule has 2 aromatic carbocycles. The standard InChI is InChI=1S/C20H21FN2/c1-14-6-4-8-15-17(22-14)10-11-19-20(15)16-7-2-3-9-18(16)23(19)13-5-12-21/h2-3,7,9-11,22H,1,4-6,8,12-13H2. The number of hydrogen-bond acceptors (Lipinski definition) is 1. The Balaban J connectivity index is 2.03. The maximum atomic E-state index is 12.7. The van der Waals surface area contributed by atoms with Gasteiger partial charge >= 0.3 is 0 Å². The van der Waals surface area contributed by atoms with E-state index in [1.54, 1.807) is 0 Å². The van der Waals surface area contributed by atoms with E-state index in [9.17, 15) is 4.39 Å². The van der Waals surface area contributed by atoms with Gasteiger partial charge in [0, 0.05) is 39.7 Å². The summed E-state index contributed by atoms with van der Waals surface area (Å²) < 4.78 is 15.0. The highest BCUT2D eigenvalue weighted by Gasteiger charge is 2.18. The van der Waals surface area contributed by atoms with E-state index in [0.717, 1.165) is 31.5 Å². The van der Waals surface area contributed by atoms with Crippen molar-refractivity contribution in [1.82, 2.24) is 4.57 Å². The molecule has 3 heteroatoms. The summed E-state index contributed by atoms with van der Waals surface area (Å²) in [5, 5.41) is 6.06. The van der Waals surface area contributed by atoms with E-state index in [1.165, 1.54) is 33.1 Å². The highest BCUT2D eigenvalue weighted by atomic mass is 19.1. The lowest BCUT2D eigenvalue weighted by atomic mass is 10.0. The molecule has 0 bridgehead atoms. The maximum Gasteiger partial charge on any atom is 0.0911 e. The molecule has 0 saturated carbocycles. The van der Waals surface area contributed by atoms with Crippen LogP contribution in [0.3, 0.4) is 0 Å². The molecule has 0 aliphatic carbocycles. The molecule has 0 amide bonds. The molecule has 0 unspecified atom stereocenters. The van der Waals surface area contributed by atoms with Crippen molar-refractivity contribution in [3.05, 3.63) is 54.2 Å². The van der Waals surface area contributed by atoms with Crippen molar-refractivity contribution in [3.63, 3.8) is 0 Å². The van der Waals surface area contributed by atoms with Crippen molar-refractivity contribution in [2.45, 2.75) is 32.2 Å². The summed E-state index contributed by atoms with van der Waals surface area (Å²) in [4.78, 5) is 0. The molecule has 0 saturated heterocycles. The molecule has 2 nitrogen and oxygen atoms in total. The van der Waals surface area contributed by atoms with Crippen LogP contribution in [0.4, 0.5) is 10.1 Å². The second-order valence-electron chi connectivity index (χ2n) is 6.28. The van der Waals surface area contributed by atoms with Crippen LogP contribution in [0.15, 0.2) is 48.7 Å². The average Bonchev–Trinajstić information content (AvgIpc) is 2.75. The third-order valence-electron chi connectivity index (χ3n) is 4.78. The predicted molar refractivity (Wildman–Crippen MR) is 95.7 cm³/mol. The number of halogens is 1. The Morgan fingerprint density at radius 3 is 2.83 bits per heavy atom. The van der Waals surface area contributed by atoms with Gasteiger partial charge in [-0.25, -0.2) is 0 Å². The number of benzene rings is 2. The summed E-state index contributed by atoms with van der Waals surface area (Å²) in [6, 6.07) is 12.8. The second-order valence-corrected chi connectivity index (χ2v) is 6.28. The normalized spacial score (nSPS) is 14.7. The molecule has 0 spiro atoms. The van der Waals surface area contributed by atoms with Gasteiger partial charge in [0.15, 0.2) is 0 Å². The Bertz CT molecular complexity index is 891. The molecular weight excluding hydrogens is 287 g/mol. The van der Waals surface area contributed by atoms with Gasteiger partial charge in [-0.2, -0.15) is 0 Å². The van der Waals surface area contributed by atoms with Crippen LogP contribution in [0, 0.1) is 0 Å². The topological polar surface area (TPSA) is 17.0 Å². The van der Waals surface area contributed by atoms with Gasteiger partial charge < -0.3 is 9.88 Å². The molecule has 0 atom stereocenters. The molecule has 4 rings (SSSR count). The van der Waals surface area contributed by atoms with Crippen LogP contribution in [0.2, 0.25) is 0 Å². The van der Waals surface area contributed by atoms with Gasteiger partial charge in [0.1, 0.15) is 0 Å². The van der Waals surface area contributed by atoms with E-state index < -0.39 is 0 Å². The first-order valence-electron chi connectivity index (χ1n) is 8.33. The van der Waals surface area contributed by atoms with Gasteiger partial charge in [0.25, 0.3) is 0 Å². The zero-order chi connectivity index (χ0) is 15.8. The van der Waals surface area contributed by atoms with Gasteiger partial charge in [-0.05, 0) is 49.4 Å². The minimum absolute atomic E-state index is 0.277. The van der Waals surface area contributed by atoms with E-state index in [2.05, 4.69) is 52.9 Å². The van der Waals surface area contributed by atoms with Crippen LogP contribution in [0.25, 0.3) is 21.8 Å². The summed E-state index contributed by atoms with van der Waals surface area (Å²) in [5.41, 5.74) is 6.05. The first-order chi connectivity index (χ1) is 11.3. The number of fused-ring (bicyclic) bond motifs is 5. The van der Waals surface area contributed by atoms with Crippen LogP contribution in [-0.2, 0) is 13.0 Å². The third-order valence-corrected chi connectivity index (χ3v) is 4.78. The summed E-state index contributed by atoms with van der Waals surface area (Å²) in [6.45, 7) is 4.55. The minimum Gasteiger partial charge on any atom is -0.359 e. The van der Waals surface area contributed by atoms with Crippen LogP contribution in [-0.4, -0.2) is 11.2 Å². The summed E-state index contributed by atoms with van der Waals surface area (Å²) in [5.74, 6) is 0. The van der Waals surface area contributed by atoms with Gasteiger partial charge in [0.05, 0.1) is 6.67 Å². The number of rotatable bonds is 3. The number of nitrogens with one attached hydrogen (secondary N) is 1. The lowest BCUT2D eigenvalue weighted by molar-refractivity contribution is 0.452. The van der Waals surface area contributed by atoms with E-state index in [-0.39, 0.29) is 6.67 Å². The maximum absolute atomic E-state index is 12.7. The largest absolute Gasteiger partial charge is 0.359 e. The monoisotopic (exact) mass is 308 g/mol.